The second kappa shape index (κ2) is 56.8. The summed E-state index contributed by atoms with van der Waals surface area (Å²) in [5.41, 5.74) is -0.458. The molecular formula is C55H124N4O9S. The van der Waals surface area contributed by atoms with Crippen molar-refractivity contribution in [1.29, 1.82) is 0 Å². The first-order valence-electron chi connectivity index (χ1n) is 27.9. The monoisotopic (exact) mass is 1020 g/mol. The van der Waals surface area contributed by atoms with Crippen molar-refractivity contribution in [3.05, 3.63) is 0 Å². The molecule has 0 saturated carbocycles. The van der Waals surface area contributed by atoms with Crippen LogP contribution < -0.4 is 5.32 Å². The van der Waals surface area contributed by atoms with E-state index in [1.165, 1.54) is 129 Å². The van der Waals surface area contributed by atoms with Gasteiger partial charge in [-0.3, -0.25) is 0 Å². The lowest BCUT2D eigenvalue weighted by atomic mass is 10.00. The van der Waals surface area contributed by atoms with Crippen molar-refractivity contribution in [2.75, 3.05) is 132 Å². The smallest absolute Gasteiger partial charge is 0.147 e. The van der Waals surface area contributed by atoms with Gasteiger partial charge in [0.05, 0.1) is 44.2 Å². The number of rotatable bonds is 12. The fourth-order valence-electron chi connectivity index (χ4n) is 6.17. The van der Waals surface area contributed by atoms with E-state index in [4.69, 9.17) is 34.6 Å². The Balaban J connectivity index is -0.000000221. The van der Waals surface area contributed by atoms with Gasteiger partial charge in [0, 0.05) is 31.8 Å². The maximum absolute atomic E-state index is 10.4. The molecule has 0 aromatic heterocycles. The minimum atomic E-state index is -2.69. The zero-order valence-electron chi connectivity index (χ0n) is 48.8. The number of aliphatic hydroxyl groups excluding tert-OH is 3. The van der Waals surface area contributed by atoms with E-state index >= 15 is 0 Å². The van der Waals surface area contributed by atoms with Gasteiger partial charge < -0.3 is 54.7 Å². The lowest BCUT2D eigenvalue weighted by Crippen LogP contribution is -2.30. The largest absolute Gasteiger partial charge is 0.396 e. The van der Waals surface area contributed by atoms with Gasteiger partial charge in [-0.05, 0) is 201 Å². The minimum absolute atomic E-state index is 0.115. The first-order chi connectivity index (χ1) is 32.6. The molecule has 13 nitrogen and oxygen atoms in total. The quantitative estimate of drug-likeness (QED) is 0.126. The summed E-state index contributed by atoms with van der Waals surface area (Å²) in [5, 5.41) is 36.5. The molecule has 0 amide bonds. The summed E-state index contributed by atoms with van der Waals surface area (Å²) in [7, 11) is 3.69. The van der Waals surface area contributed by atoms with Crippen LogP contribution in [0.2, 0.25) is 0 Å². The van der Waals surface area contributed by atoms with Crippen molar-refractivity contribution in [3.8, 4) is 0 Å². The summed E-state index contributed by atoms with van der Waals surface area (Å²) in [5.74, 6) is 3.20. The number of sulfone groups is 1. The van der Waals surface area contributed by atoms with Crippen LogP contribution in [-0.2, 0) is 24.0 Å². The topological polar surface area (TPSA) is 165 Å². The van der Waals surface area contributed by atoms with Gasteiger partial charge in [0.1, 0.15) is 9.84 Å². The lowest BCUT2D eigenvalue weighted by molar-refractivity contribution is -0.0887. The Morgan fingerprint density at radius 1 is 0.725 bits per heavy atom. The summed E-state index contributed by atoms with van der Waals surface area (Å²) in [6.45, 7) is 39.6. The second-order valence-corrected chi connectivity index (χ2v) is 22.8. The van der Waals surface area contributed by atoms with E-state index in [1.807, 2.05) is 27.7 Å². The average molecular weight is 1020 g/mol. The van der Waals surface area contributed by atoms with E-state index < -0.39 is 21.5 Å². The van der Waals surface area contributed by atoms with E-state index in [0.29, 0.717) is 24.9 Å². The van der Waals surface area contributed by atoms with E-state index in [2.05, 4.69) is 82.7 Å². The van der Waals surface area contributed by atoms with Crippen molar-refractivity contribution in [1.82, 2.24) is 20.0 Å². The molecule has 0 aliphatic carbocycles. The summed E-state index contributed by atoms with van der Waals surface area (Å²) >= 11 is 0. The molecule has 69 heavy (non-hydrogen) atoms. The normalized spacial score (nSPS) is 19.6. The molecule has 2 unspecified atom stereocenters. The Kier molecular flexibility index (Phi) is 63.7. The molecule has 0 spiro atoms. The van der Waals surface area contributed by atoms with Crippen LogP contribution >= 0.6 is 0 Å². The van der Waals surface area contributed by atoms with Crippen LogP contribution in [0.1, 0.15) is 192 Å². The van der Waals surface area contributed by atoms with Gasteiger partial charge in [0.2, 0.25) is 0 Å². The van der Waals surface area contributed by atoms with Crippen LogP contribution in [-0.4, -0.2) is 193 Å². The van der Waals surface area contributed by atoms with Crippen LogP contribution in [0.15, 0.2) is 0 Å². The van der Waals surface area contributed by atoms with Gasteiger partial charge in [-0.2, -0.15) is 0 Å². The summed E-state index contributed by atoms with van der Waals surface area (Å²) in [4.78, 5) is 7.16. The molecule has 0 bridgehead atoms. The standard InChI is InChI=1S/C8H17N.C7H15N.C6H13N.C6H12O2.C6H12O.C5H13N.C5H12O2S.C5H12O.C4H10O2.C3H8O/c1-2-6-9-7-4-3-5-8-9;1-7-3-5-8(2)6-4-7;1-6-2-4-7-5-3-6;1-2-6-5-7-3-4-8-6;1-6-2-4-7-5-3-6;1-4-5-6(2)3;1-3-4-5-8(2,6)7;1-4-5(2,3)6;1-2-4(6)3-5;1-2-3-4/h2-8H2,1H3;7H,3-6H2,1-2H3;6-7H,2-5H2,1H3;6H,2-5H2,1H3;6H,2-5H2,1H3;4-5H2,1-3H3;3-5H2,1-2H3;6H,4H2,1-3H3;4-6H,2-3H2,1H3;4H,2-3H2,1H3. The fourth-order valence-corrected chi connectivity index (χ4v) is 6.99. The Labute approximate surface area is 430 Å². The molecule has 5 aliphatic heterocycles. The number of nitrogens with zero attached hydrogens (tertiary/aromatic N) is 3. The van der Waals surface area contributed by atoms with Crippen molar-refractivity contribution in [3.63, 3.8) is 0 Å². The van der Waals surface area contributed by atoms with Gasteiger partial charge in [-0.1, -0.05) is 82.1 Å². The van der Waals surface area contributed by atoms with Crippen molar-refractivity contribution >= 4 is 9.84 Å². The SMILES string of the molecule is CC1CCN(C)CC1.CC1CCNCC1.CC1CCOCC1.CCC(C)(C)O.CCC(O)CO.CCC1COCCO1.CCCCS(C)(=O)=O.CCCN(C)C.CCCN1CCCCC1.CCCO. The number of aliphatic hydroxyl groups is 4. The molecule has 5 fully saturated rings. The number of nitrogens with one attached hydrogen (secondary N) is 1. The number of ether oxygens (including phenoxy) is 3. The van der Waals surface area contributed by atoms with Crippen LogP contribution in [0.25, 0.3) is 0 Å². The van der Waals surface area contributed by atoms with Gasteiger partial charge in [0.25, 0.3) is 0 Å². The first kappa shape index (κ1) is 77.4. The molecule has 424 valence electrons. The lowest BCUT2D eigenvalue weighted by Gasteiger charge is -2.26. The maximum atomic E-state index is 10.4. The molecule has 5 heterocycles. The van der Waals surface area contributed by atoms with Gasteiger partial charge >= 0.3 is 0 Å². The van der Waals surface area contributed by atoms with E-state index in [9.17, 15) is 8.42 Å². The van der Waals surface area contributed by atoms with Crippen molar-refractivity contribution in [2.45, 2.75) is 210 Å². The highest BCUT2D eigenvalue weighted by Gasteiger charge is 2.12. The Morgan fingerprint density at radius 2 is 1.23 bits per heavy atom. The Bertz CT molecular complexity index is 1010. The first-order valence-corrected chi connectivity index (χ1v) is 29.9. The second-order valence-electron chi connectivity index (χ2n) is 20.5. The maximum Gasteiger partial charge on any atom is 0.147 e. The molecule has 5 aliphatic rings. The number of piperidine rings is 3. The van der Waals surface area contributed by atoms with Crippen molar-refractivity contribution in [2.24, 2.45) is 17.8 Å². The highest BCUT2D eigenvalue weighted by atomic mass is 32.2. The Morgan fingerprint density at radius 3 is 1.46 bits per heavy atom. The van der Waals surface area contributed by atoms with Gasteiger partial charge in [-0.15, -0.1) is 0 Å². The third kappa shape index (κ3) is 74.1. The number of likely N-dealkylation sites (tertiary alicyclic amines) is 2. The summed E-state index contributed by atoms with van der Waals surface area (Å²) in [6, 6.07) is 0. The molecule has 5 N–H and O–H groups in total. The van der Waals surface area contributed by atoms with E-state index in [0.717, 1.165) is 82.9 Å². The third-order valence-corrected chi connectivity index (χ3v) is 12.8. The fraction of sp³-hybridized carbons (Fsp3) is 1.00. The van der Waals surface area contributed by atoms with Crippen LogP contribution in [0.4, 0.5) is 0 Å². The molecule has 0 aromatic carbocycles. The molecule has 0 radical (unpaired) electrons. The number of unbranched alkanes of at least 4 members (excludes halogenated alkanes) is 1. The average Bonchev–Trinajstić information content (AvgIpc) is 3.34. The van der Waals surface area contributed by atoms with Gasteiger partial charge in [-0.25, -0.2) is 8.42 Å². The van der Waals surface area contributed by atoms with Crippen molar-refractivity contribution < 1.29 is 43.1 Å². The van der Waals surface area contributed by atoms with Crippen LogP contribution in [0.3, 0.4) is 0 Å². The molecule has 5 rings (SSSR count). The number of hydrogen-bond donors (Lipinski definition) is 5. The minimum Gasteiger partial charge on any atom is -0.396 e. The van der Waals surface area contributed by atoms with Crippen LogP contribution in [0, 0.1) is 17.8 Å². The third-order valence-electron chi connectivity index (χ3n) is 11.8. The zero-order chi connectivity index (χ0) is 53.8. The number of hydrogen-bond acceptors (Lipinski definition) is 13. The predicted octanol–water partition coefficient (Wildman–Crippen LogP) is 9.58. The van der Waals surface area contributed by atoms with E-state index in [-0.39, 0.29) is 6.61 Å². The molecule has 5 saturated heterocycles. The summed E-state index contributed by atoms with van der Waals surface area (Å²) in [6.07, 6.45) is 21.2. The highest BCUT2D eigenvalue weighted by molar-refractivity contribution is 7.90. The van der Waals surface area contributed by atoms with Crippen LogP contribution in [0.5, 0.6) is 0 Å². The molecular weight excluding hydrogens is 893 g/mol. The molecule has 2 atom stereocenters. The highest BCUT2D eigenvalue weighted by Crippen LogP contribution is 2.14. The Hall–Kier alpha value is -0.490. The van der Waals surface area contributed by atoms with E-state index in [1.54, 1.807) is 13.8 Å². The molecule has 0 aromatic rings. The molecule has 14 heteroatoms. The zero-order valence-corrected chi connectivity index (χ0v) is 49.6. The summed E-state index contributed by atoms with van der Waals surface area (Å²) < 4.78 is 36.4. The predicted molar refractivity (Wildman–Crippen MR) is 299 cm³/mol. The van der Waals surface area contributed by atoms with Gasteiger partial charge in [0.15, 0.2) is 0 Å².